The lowest BCUT2D eigenvalue weighted by Crippen LogP contribution is -2.45. The highest BCUT2D eigenvalue weighted by molar-refractivity contribution is 6.41. The Hall–Kier alpha value is -3.33. The maximum Gasteiger partial charge on any atom is 0.490 e. The predicted octanol–water partition coefficient (Wildman–Crippen LogP) is 3.39. The number of rotatable bonds is 5. The second kappa shape index (κ2) is 11.6. The number of hydrogen-bond donors (Lipinski definition) is 3. The van der Waals surface area contributed by atoms with Gasteiger partial charge in [-0.1, -0.05) is 23.2 Å². The number of nitrogens with two attached hydrogens (primary N) is 2. The number of carboxylic acids is 1. The molecule has 2 atom stereocenters. The maximum atomic E-state index is 10.6. The number of carbonyl (C=O) groups is 1. The number of aromatic nitrogens is 3. The van der Waals surface area contributed by atoms with E-state index in [0.29, 0.717) is 62.9 Å². The minimum atomic E-state index is -5.08. The number of alkyl halides is 3. The molecular formula is C22H23Cl2F3N6O5. The van der Waals surface area contributed by atoms with E-state index < -0.39 is 12.1 Å². The van der Waals surface area contributed by atoms with Crippen molar-refractivity contribution in [3.05, 3.63) is 28.4 Å². The van der Waals surface area contributed by atoms with Gasteiger partial charge in [0.25, 0.3) is 0 Å². The first kappa shape index (κ1) is 29.2. The molecule has 0 saturated carbocycles. The molecule has 0 aliphatic carbocycles. The molecule has 1 aromatic carbocycles. The van der Waals surface area contributed by atoms with Gasteiger partial charge in [0, 0.05) is 30.3 Å². The van der Waals surface area contributed by atoms with Crippen molar-refractivity contribution in [1.82, 2.24) is 15.0 Å². The van der Waals surface area contributed by atoms with Gasteiger partial charge in [-0.05, 0) is 6.07 Å². The van der Waals surface area contributed by atoms with Crippen LogP contribution in [0.1, 0.15) is 0 Å². The van der Waals surface area contributed by atoms with E-state index in [1.165, 1.54) is 14.2 Å². The minimum absolute atomic E-state index is 0.0206. The largest absolute Gasteiger partial charge is 0.495 e. The van der Waals surface area contributed by atoms with Crippen molar-refractivity contribution in [2.24, 2.45) is 5.73 Å². The quantitative estimate of drug-likeness (QED) is 0.407. The smallest absolute Gasteiger partial charge is 0.490 e. The minimum Gasteiger partial charge on any atom is -0.495 e. The maximum absolute atomic E-state index is 10.6. The summed E-state index contributed by atoms with van der Waals surface area (Å²) in [6, 6.07) is 3.25. The number of hydrogen-bond acceptors (Lipinski definition) is 10. The van der Waals surface area contributed by atoms with Crippen molar-refractivity contribution in [2.75, 3.05) is 45.1 Å². The first-order valence-corrected chi connectivity index (χ1v) is 11.5. The molecule has 0 amide bonds. The summed E-state index contributed by atoms with van der Waals surface area (Å²) in [7, 11) is 4.89. The molecule has 2 aromatic heterocycles. The van der Waals surface area contributed by atoms with Crippen LogP contribution in [-0.4, -0.2) is 78.8 Å². The molecule has 1 saturated heterocycles. The van der Waals surface area contributed by atoms with E-state index in [9.17, 15) is 13.2 Å². The summed E-state index contributed by atoms with van der Waals surface area (Å²) < 4.78 is 47.9. The Labute approximate surface area is 224 Å². The zero-order valence-corrected chi connectivity index (χ0v) is 21.7. The van der Waals surface area contributed by atoms with E-state index in [2.05, 4.69) is 15.0 Å². The van der Waals surface area contributed by atoms with Crippen molar-refractivity contribution in [2.45, 2.75) is 18.3 Å². The summed E-state index contributed by atoms with van der Waals surface area (Å²) in [5, 5.41) is 8.40. The normalized spacial score (nSPS) is 17.1. The second-order valence-electron chi connectivity index (χ2n) is 7.97. The van der Waals surface area contributed by atoms with Crippen LogP contribution in [-0.2, 0) is 9.53 Å². The summed E-state index contributed by atoms with van der Waals surface area (Å²) in [5.74, 6) is -1.25. The Morgan fingerprint density at radius 2 is 1.74 bits per heavy atom. The molecular weight excluding hydrogens is 556 g/mol. The summed E-state index contributed by atoms with van der Waals surface area (Å²) in [4.78, 5) is 24.4. The molecule has 1 aliphatic heterocycles. The van der Waals surface area contributed by atoms with Crippen LogP contribution in [0.3, 0.4) is 0 Å². The molecule has 0 spiro atoms. The SMILES string of the molecule is COc1cc(OC)c(Cl)c(-c2cc3cnc(N(C)[C@@H]4COC[C@@H]4N)nc3c(N)n2)c1Cl.O=C(O)C(F)(F)F. The van der Waals surface area contributed by atoms with Crippen LogP contribution in [0.15, 0.2) is 18.3 Å². The number of carboxylic acid groups (broad SMARTS) is 1. The monoisotopic (exact) mass is 578 g/mol. The zero-order valence-electron chi connectivity index (χ0n) is 20.2. The van der Waals surface area contributed by atoms with Gasteiger partial charge in [-0.25, -0.2) is 19.7 Å². The molecule has 4 rings (SSSR count). The lowest BCUT2D eigenvalue weighted by Gasteiger charge is -2.26. The van der Waals surface area contributed by atoms with Crippen LogP contribution >= 0.6 is 23.2 Å². The van der Waals surface area contributed by atoms with E-state index in [-0.39, 0.29) is 17.9 Å². The Morgan fingerprint density at radius 1 is 1.16 bits per heavy atom. The fourth-order valence-corrected chi connectivity index (χ4v) is 4.26. The molecule has 16 heteroatoms. The van der Waals surface area contributed by atoms with Crippen molar-refractivity contribution < 1.29 is 37.3 Å². The Kier molecular flexibility index (Phi) is 8.92. The van der Waals surface area contributed by atoms with E-state index in [1.54, 1.807) is 18.3 Å². The van der Waals surface area contributed by atoms with E-state index >= 15 is 0 Å². The molecule has 5 N–H and O–H groups in total. The van der Waals surface area contributed by atoms with E-state index in [1.807, 2.05) is 11.9 Å². The lowest BCUT2D eigenvalue weighted by molar-refractivity contribution is -0.192. The number of nitrogens with zero attached hydrogens (tertiary/aromatic N) is 4. The van der Waals surface area contributed by atoms with Gasteiger partial charge in [-0.2, -0.15) is 13.2 Å². The highest BCUT2D eigenvalue weighted by Gasteiger charge is 2.38. The molecule has 1 aliphatic rings. The average molecular weight is 579 g/mol. The van der Waals surface area contributed by atoms with Gasteiger partial charge >= 0.3 is 12.1 Å². The van der Waals surface area contributed by atoms with Crippen molar-refractivity contribution >= 4 is 51.8 Å². The Morgan fingerprint density at radius 3 is 2.21 bits per heavy atom. The third-order valence-corrected chi connectivity index (χ3v) is 6.31. The van der Waals surface area contributed by atoms with Gasteiger partial charge in [0.1, 0.15) is 17.0 Å². The van der Waals surface area contributed by atoms with Gasteiger partial charge in [-0.15, -0.1) is 0 Å². The summed E-state index contributed by atoms with van der Waals surface area (Å²) >= 11 is 13.1. The first-order chi connectivity index (χ1) is 17.8. The van der Waals surface area contributed by atoms with Crippen LogP contribution < -0.4 is 25.8 Å². The van der Waals surface area contributed by atoms with Crippen LogP contribution in [0, 0.1) is 0 Å². The van der Waals surface area contributed by atoms with E-state index in [0.717, 1.165) is 0 Å². The first-order valence-electron chi connectivity index (χ1n) is 10.7. The Bertz CT molecular complexity index is 1320. The fourth-order valence-electron chi connectivity index (χ4n) is 3.57. The summed E-state index contributed by atoms with van der Waals surface area (Å²) in [6.45, 7) is 1.02. The number of ether oxygens (including phenoxy) is 3. The molecule has 206 valence electrons. The number of halogens is 5. The molecule has 0 radical (unpaired) electrons. The van der Waals surface area contributed by atoms with Crippen molar-refractivity contribution in [1.29, 1.82) is 0 Å². The highest BCUT2D eigenvalue weighted by atomic mass is 35.5. The van der Waals surface area contributed by atoms with Gasteiger partial charge in [0.2, 0.25) is 5.95 Å². The molecule has 3 heterocycles. The van der Waals surface area contributed by atoms with Gasteiger partial charge in [0.15, 0.2) is 5.82 Å². The molecule has 3 aromatic rings. The number of nitrogen functional groups attached to an aromatic ring is 1. The van der Waals surface area contributed by atoms with E-state index in [4.69, 9.17) is 58.8 Å². The topological polar surface area (TPSA) is 159 Å². The standard InChI is InChI=1S/C20H22Cl2N6O3.C2HF3O2/c1-28(12-8-31-7-10(12)23)20-25-6-9-4-11(26-19(24)18(9)27-20)15-16(21)13(29-2)5-14(30-3)17(15)22;3-2(4,5)1(6)7/h4-6,10,12H,7-8,23H2,1-3H3,(H2,24,26);(H,6,7)/t10-,12+;/m0./s1. The van der Waals surface area contributed by atoms with Gasteiger partial charge in [-0.3, -0.25) is 0 Å². The average Bonchev–Trinajstić information content (AvgIpc) is 3.29. The molecule has 1 fully saturated rings. The lowest BCUT2D eigenvalue weighted by atomic mass is 10.1. The van der Waals surface area contributed by atoms with Crippen LogP contribution in [0.5, 0.6) is 11.5 Å². The number of benzene rings is 1. The molecule has 38 heavy (non-hydrogen) atoms. The van der Waals surface area contributed by atoms with Crippen LogP contribution in [0.4, 0.5) is 24.9 Å². The highest BCUT2D eigenvalue weighted by Crippen LogP contribution is 2.46. The molecule has 0 unspecified atom stereocenters. The third-order valence-electron chi connectivity index (χ3n) is 5.56. The fraction of sp³-hybridized carbons (Fsp3) is 0.364. The predicted molar refractivity (Wildman–Crippen MR) is 135 cm³/mol. The Balaban J connectivity index is 0.000000505. The number of pyridine rings is 1. The van der Waals surface area contributed by atoms with Crippen LogP contribution in [0.2, 0.25) is 10.0 Å². The van der Waals surface area contributed by atoms with Gasteiger partial charge in [0.05, 0.1) is 55.3 Å². The number of fused-ring (bicyclic) bond motifs is 1. The second-order valence-corrected chi connectivity index (χ2v) is 8.72. The van der Waals surface area contributed by atoms with Crippen LogP contribution in [0.25, 0.3) is 22.2 Å². The number of methoxy groups -OCH3 is 2. The van der Waals surface area contributed by atoms with Crippen molar-refractivity contribution in [3.8, 4) is 22.8 Å². The number of anilines is 2. The number of likely N-dealkylation sites (N-methyl/N-ethyl adjacent to an activating group) is 1. The zero-order chi connectivity index (χ0) is 28.4. The van der Waals surface area contributed by atoms with Gasteiger partial charge < -0.3 is 35.7 Å². The molecule has 0 bridgehead atoms. The summed E-state index contributed by atoms with van der Waals surface area (Å²) in [5.41, 5.74) is 13.8. The summed E-state index contributed by atoms with van der Waals surface area (Å²) in [6.07, 6.45) is -3.41. The van der Waals surface area contributed by atoms with Crippen molar-refractivity contribution in [3.63, 3.8) is 0 Å². The number of aliphatic carboxylic acids is 1. The third kappa shape index (κ3) is 6.04. The molecule has 11 nitrogen and oxygen atoms in total.